The van der Waals surface area contributed by atoms with Gasteiger partial charge in [-0.25, -0.2) is 4.98 Å². The van der Waals surface area contributed by atoms with Gasteiger partial charge < -0.3 is 10.4 Å². The van der Waals surface area contributed by atoms with E-state index >= 15 is 0 Å². The molecular formula is C9H7ClF6N2O. The lowest BCUT2D eigenvalue weighted by Gasteiger charge is -2.16. The molecule has 2 N–H and O–H groups in total. The molecule has 0 aliphatic carbocycles. The van der Waals surface area contributed by atoms with Crippen LogP contribution >= 0.6 is 11.6 Å². The van der Waals surface area contributed by atoms with Crippen molar-refractivity contribution < 1.29 is 31.4 Å². The van der Waals surface area contributed by atoms with Gasteiger partial charge in [0.2, 0.25) is 0 Å². The number of rotatable bonds is 3. The fraction of sp³-hybridized carbons (Fsp3) is 0.444. The first-order chi connectivity index (χ1) is 8.51. The highest BCUT2D eigenvalue weighted by Crippen LogP contribution is 2.32. The van der Waals surface area contributed by atoms with Gasteiger partial charge in [-0.2, -0.15) is 26.3 Å². The van der Waals surface area contributed by atoms with Crippen molar-refractivity contribution in [2.75, 3.05) is 11.9 Å². The summed E-state index contributed by atoms with van der Waals surface area (Å²) in [5.74, 6) is -0.377. The van der Waals surface area contributed by atoms with Crippen molar-refractivity contribution in [3.8, 4) is 0 Å². The van der Waals surface area contributed by atoms with E-state index in [-0.39, 0.29) is 5.82 Å². The number of hydrogen-bond acceptors (Lipinski definition) is 3. The molecule has 0 aromatic carbocycles. The SMILES string of the molecule is O[C@@H](CNc1ncc(C(F)(F)F)cc1Cl)C(F)(F)F. The Labute approximate surface area is 108 Å². The molecule has 0 aliphatic rings. The average molecular weight is 309 g/mol. The summed E-state index contributed by atoms with van der Waals surface area (Å²) in [4.78, 5) is 3.26. The van der Waals surface area contributed by atoms with Crippen molar-refractivity contribution in [1.82, 2.24) is 4.98 Å². The highest BCUT2D eigenvalue weighted by atomic mass is 35.5. The molecular weight excluding hydrogens is 302 g/mol. The third-order valence-electron chi connectivity index (χ3n) is 2.01. The molecule has 0 saturated heterocycles. The zero-order chi connectivity index (χ0) is 14.8. The van der Waals surface area contributed by atoms with Gasteiger partial charge in [0.05, 0.1) is 17.1 Å². The van der Waals surface area contributed by atoms with Crippen LogP contribution in [0.25, 0.3) is 0 Å². The Bertz CT molecular complexity index is 447. The summed E-state index contributed by atoms with van der Waals surface area (Å²) in [6, 6.07) is 0.525. The Balaban J connectivity index is 2.77. The molecule has 0 bridgehead atoms. The highest BCUT2D eigenvalue weighted by Gasteiger charge is 2.38. The molecule has 1 aromatic rings. The second-order valence-corrected chi connectivity index (χ2v) is 3.90. The number of hydrogen-bond donors (Lipinski definition) is 2. The van der Waals surface area contributed by atoms with Crippen molar-refractivity contribution in [3.05, 3.63) is 22.8 Å². The molecule has 0 aliphatic heterocycles. The number of aromatic nitrogens is 1. The van der Waals surface area contributed by atoms with Crippen LogP contribution in [0, 0.1) is 0 Å². The van der Waals surface area contributed by atoms with E-state index in [1.165, 1.54) is 0 Å². The van der Waals surface area contributed by atoms with Gasteiger partial charge in [-0.1, -0.05) is 11.6 Å². The van der Waals surface area contributed by atoms with E-state index in [4.69, 9.17) is 16.7 Å². The van der Waals surface area contributed by atoms with Crippen LogP contribution in [0.3, 0.4) is 0 Å². The monoisotopic (exact) mass is 308 g/mol. The smallest absolute Gasteiger partial charge is 0.382 e. The van der Waals surface area contributed by atoms with Crippen LogP contribution in [0.15, 0.2) is 12.3 Å². The Morgan fingerprint density at radius 3 is 2.26 bits per heavy atom. The van der Waals surface area contributed by atoms with E-state index in [9.17, 15) is 26.3 Å². The molecule has 3 nitrogen and oxygen atoms in total. The van der Waals surface area contributed by atoms with E-state index in [1.54, 1.807) is 0 Å². The summed E-state index contributed by atoms with van der Waals surface area (Å²) in [5.41, 5.74) is -1.13. The Morgan fingerprint density at radius 1 is 1.26 bits per heavy atom. The largest absolute Gasteiger partial charge is 0.417 e. The standard InChI is InChI=1S/C9H7ClF6N2O/c10-5-1-4(8(11,12)13)2-17-7(5)18-3-6(19)9(14,15)16/h1-2,6,19H,3H2,(H,17,18)/t6-/m0/s1. The summed E-state index contributed by atoms with van der Waals surface area (Å²) >= 11 is 5.45. The molecule has 0 saturated carbocycles. The number of aliphatic hydroxyl groups excluding tert-OH is 1. The second kappa shape index (κ2) is 5.41. The van der Waals surface area contributed by atoms with Crippen LogP contribution in [0.5, 0.6) is 0 Å². The minimum absolute atomic E-state index is 0.377. The topological polar surface area (TPSA) is 45.1 Å². The van der Waals surface area contributed by atoms with Gasteiger partial charge in [0, 0.05) is 6.20 Å². The van der Waals surface area contributed by atoms with Crippen LogP contribution in [0.4, 0.5) is 32.2 Å². The molecule has 19 heavy (non-hydrogen) atoms. The molecule has 1 aromatic heterocycles. The minimum Gasteiger partial charge on any atom is -0.382 e. The van der Waals surface area contributed by atoms with Crippen LogP contribution in [0.1, 0.15) is 5.56 Å². The maximum Gasteiger partial charge on any atom is 0.417 e. The van der Waals surface area contributed by atoms with Gasteiger partial charge in [0.1, 0.15) is 5.82 Å². The molecule has 0 spiro atoms. The van der Waals surface area contributed by atoms with Gasteiger partial charge in [-0.05, 0) is 6.07 Å². The number of nitrogens with zero attached hydrogens (tertiary/aromatic N) is 1. The van der Waals surface area contributed by atoms with Gasteiger partial charge in [0.25, 0.3) is 0 Å². The summed E-state index contributed by atoms with van der Waals surface area (Å²) in [6.45, 7) is -0.971. The molecule has 0 fully saturated rings. The van der Waals surface area contributed by atoms with Gasteiger partial charge in [-0.3, -0.25) is 0 Å². The first kappa shape index (κ1) is 15.8. The first-order valence-corrected chi connectivity index (χ1v) is 5.11. The lowest BCUT2D eigenvalue weighted by Crippen LogP contribution is -2.35. The minimum atomic E-state index is -4.84. The average Bonchev–Trinajstić information content (AvgIpc) is 2.24. The summed E-state index contributed by atoms with van der Waals surface area (Å²) in [5, 5.41) is 10.2. The van der Waals surface area contributed by atoms with Gasteiger partial charge in [0.15, 0.2) is 6.10 Å². The zero-order valence-corrected chi connectivity index (χ0v) is 9.74. The molecule has 0 radical (unpaired) electrons. The normalized spacial score (nSPS) is 14.3. The summed E-state index contributed by atoms with van der Waals surface area (Å²) in [6.07, 6.45) is -11.7. The van der Waals surface area contributed by atoms with E-state index in [0.29, 0.717) is 12.3 Å². The van der Waals surface area contributed by atoms with Crippen molar-refractivity contribution in [1.29, 1.82) is 0 Å². The van der Waals surface area contributed by atoms with Crippen molar-refractivity contribution in [3.63, 3.8) is 0 Å². The highest BCUT2D eigenvalue weighted by molar-refractivity contribution is 6.32. The predicted molar refractivity (Wildman–Crippen MR) is 54.8 cm³/mol. The fourth-order valence-corrected chi connectivity index (χ4v) is 1.27. The molecule has 1 atom stereocenters. The lowest BCUT2D eigenvalue weighted by atomic mass is 10.2. The number of alkyl halides is 6. The number of nitrogens with one attached hydrogen (secondary N) is 1. The Hall–Kier alpha value is -1.22. The quantitative estimate of drug-likeness (QED) is 0.844. The van der Waals surface area contributed by atoms with Crippen molar-refractivity contribution >= 4 is 17.4 Å². The van der Waals surface area contributed by atoms with E-state index in [0.717, 1.165) is 0 Å². The molecule has 1 heterocycles. The third-order valence-corrected chi connectivity index (χ3v) is 2.30. The lowest BCUT2D eigenvalue weighted by molar-refractivity contribution is -0.198. The molecule has 0 unspecified atom stereocenters. The maximum atomic E-state index is 12.3. The first-order valence-electron chi connectivity index (χ1n) is 4.73. The number of pyridine rings is 1. The zero-order valence-electron chi connectivity index (χ0n) is 8.98. The Kier molecular flexibility index (Phi) is 4.51. The van der Waals surface area contributed by atoms with E-state index < -0.39 is 35.6 Å². The number of aliphatic hydroxyl groups is 1. The molecule has 10 heteroatoms. The van der Waals surface area contributed by atoms with Crippen LogP contribution < -0.4 is 5.32 Å². The maximum absolute atomic E-state index is 12.3. The number of halogens is 7. The van der Waals surface area contributed by atoms with E-state index in [2.05, 4.69) is 4.98 Å². The van der Waals surface area contributed by atoms with Crippen molar-refractivity contribution in [2.24, 2.45) is 0 Å². The fourth-order valence-electron chi connectivity index (χ4n) is 1.03. The van der Waals surface area contributed by atoms with Crippen molar-refractivity contribution in [2.45, 2.75) is 18.5 Å². The summed E-state index contributed by atoms with van der Waals surface area (Å²) < 4.78 is 72.7. The third kappa shape index (κ3) is 4.43. The van der Waals surface area contributed by atoms with Gasteiger partial charge in [-0.15, -0.1) is 0 Å². The van der Waals surface area contributed by atoms with Gasteiger partial charge >= 0.3 is 12.4 Å². The van der Waals surface area contributed by atoms with Crippen LogP contribution in [-0.4, -0.2) is 28.9 Å². The van der Waals surface area contributed by atoms with Crippen LogP contribution in [0.2, 0.25) is 5.02 Å². The Morgan fingerprint density at radius 2 is 1.84 bits per heavy atom. The molecule has 1 rings (SSSR count). The van der Waals surface area contributed by atoms with Crippen LogP contribution in [-0.2, 0) is 6.18 Å². The predicted octanol–water partition coefficient (Wildman–Crippen LogP) is 3.09. The molecule has 0 amide bonds. The second-order valence-electron chi connectivity index (χ2n) is 3.49. The number of anilines is 1. The summed E-state index contributed by atoms with van der Waals surface area (Å²) in [7, 11) is 0. The molecule has 108 valence electrons. The van der Waals surface area contributed by atoms with E-state index in [1.807, 2.05) is 5.32 Å².